The molecular formula is C69H127NO10. The summed E-state index contributed by atoms with van der Waals surface area (Å²) in [5.74, 6) is -0.189. The van der Waals surface area contributed by atoms with Crippen molar-refractivity contribution in [3.8, 4) is 0 Å². The van der Waals surface area contributed by atoms with E-state index in [1.54, 1.807) is 6.08 Å². The number of ether oxygens (including phenoxy) is 3. The van der Waals surface area contributed by atoms with E-state index in [1.165, 1.54) is 218 Å². The van der Waals surface area contributed by atoms with Crippen LogP contribution < -0.4 is 5.32 Å². The molecule has 1 fully saturated rings. The summed E-state index contributed by atoms with van der Waals surface area (Å²) < 4.78 is 16.7. The largest absolute Gasteiger partial charge is 0.466 e. The lowest BCUT2D eigenvalue weighted by Crippen LogP contribution is -2.60. The molecule has 11 nitrogen and oxygen atoms in total. The second-order valence-corrected chi connectivity index (χ2v) is 23.5. The van der Waals surface area contributed by atoms with Crippen molar-refractivity contribution in [3.63, 3.8) is 0 Å². The van der Waals surface area contributed by atoms with Crippen molar-refractivity contribution in [2.24, 2.45) is 0 Å². The Morgan fingerprint density at radius 1 is 0.450 bits per heavy atom. The predicted octanol–water partition coefficient (Wildman–Crippen LogP) is 16.8. The molecule has 11 heteroatoms. The van der Waals surface area contributed by atoms with Crippen LogP contribution in [0.25, 0.3) is 0 Å². The molecule has 0 bridgehead atoms. The summed E-state index contributed by atoms with van der Waals surface area (Å²) >= 11 is 0. The lowest BCUT2D eigenvalue weighted by Gasteiger charge is -2.40. The number of nitrogens with one attached hydrogen (secondary N) is 1. The first-order valence-electron chi connectivity index (χ1n) is 33.9. The van der Waals surface area contributed by atoms with Gasteiger partial charge in [0.15, 0.2) is 6.29 Å². The van der Waals surface area contributed by atoms with Gasteiger partial charge in [-0.3, -0.25) is 9.59 Å². The molecule has 468 valence electrons. The maximum absolute atomic E-state index is 13.0. The fourth-order valence-electron chi connectivity index (χ4n) is 10.5. The molecule has 1 saturated heterocycles. The molecule has 1 rings (SSSR count). The average molecular weight is 1130 g/mol. The quantitative estimate of drug-likeness (QED) is 0.0195. The van der Waals surface area contributed by atoms with Crippen LogP contribution in [-0.2, 0) is 23.8 Å². The zero-order valence-electron chi connectivity index (χ0n) is 51.8. The van der Waals surface area contributed by atoms with Gasteiger partial charge in [-0.2, -0.15) is 0 Å². The van der Waals surface area contributed by atoms with Crippen LogP contribution in [0.3, 0.4) is 0 Å². The molecule has 1 amide bonds. The van der Waals surface area contributed by atoms with E-state index in [1.807, 2.05) is 6.08 Å². The molecule has 7 unspecified atom stereocenters. The summed E-state index contributed by atoms with van der Waals surface area (Å²) in [4.78, 5) is 25.1. The highest BCUT2D eigenvalue weighted by molar-refractivity contribution is 5.76. The first-order chi connectivity index (χ1) is 39.2. The highest BCUT2D eigenvalue weighted by Gasteiger charge is 2.44. The van der Waals surface area contributed by atoms with Crippen LogP contribution >= 0.6 is 0 Å². The van der Waals surface area contributed by atoms with Crippen LogP contribution in [0.2, 0.25) is 0 Å². The minimum atomic E-state index is -1.58. The predicted molar refractivity (Wildman–Crippen MR) is 334 cm³/mol. The van der Waals surface area contributed by atoms with E-state index in [4.69, 9.17) is 14.2 Å². The van der Waals surface area contributed by atoms with Crippen molar-refractivity contribution in [1.29, 1.82) is 0 Å². The summed E-state index contributed by atoms with van der Waals surface area (Å²) in [6, 6.07) is -0.834. The molecule has 1 heterocycles. The summed E-state index contributed by atoms with van der Waals surface area (Å²) in [6.07, 6.45) is 65.3. The fraction of sp³-hybridized carbons (Fsp3) is 0.855. The van der Waals surface area contributed by atoms with Crippen LogP contribution in [0.4, 0.5) is 0 Å². The number of carbonyl (C=O) groups excluding carboxylic acids is 2. The average Bonchev–Trinajstić information content (AvgIpc) is 3.46. The second kappa shape index (κ2) is 58.4. The van der Waals surface area contributed by atoms with Gasteiger partial charge in [-0.05, 0) is 77.0 Å². The molecule has 0 spiro atoms. The molecule has 0 aromatic carbocycles. The number of unbranched alkanes of at least 4 members (excludes halogenated alkanes) is 39. The number of aliphatic hydroxyl groups is 5. The number of hydrogen-bond donors (Lipinski definition) is 6. The Kier molecular flexibility index (Phi) is 55.2. The number of amides is 1. The van der Waals surface area contributed by atoms with Gasteiger partial charge < -0.3 is 45.1 Å². The van der Waals surface area contributed by atoms with Gasteiger partial charge in [0.2, 0.25) is 5.91 Å². The van der Waals surface area contributed by atoms with Crippen molar-refractivity contribution in [2.45, 2.75) is 358 Å². The van der Waals surface area contributed by atoms with Gasteiger partial charge in [-0.1, -0.05) is 274 Å². The van der Waals surface area contributed by atoms with Crippen molar-refractivity contribution in [2.75, 3.05) is 19.8 Å². The number of carbonyl (C=O) groups is 2. The van der Waals surface area contributed by atoms with E-state index < -0.39 is 49.5 Å². The number of aliphatic hydroxyl groups excluding tert-OH is 5. The summed E-state index contributed by atoms with van der Waals surface area (Å²) in [7, 11) is 0. The molecule has 0 aromatic heterocycles. The minimum Gasteiger partial charge on any atom is -0.466 e. The Balaban J connectivity index is 1.99. The standard InChI is InChI=1S/C69H127NO10/c1-3-5-7-9-11-13-15-36-39-43-47-51-55-62(72)61(60-79-69-68(77)67(76)66(75)63(59-71)80-69)70-64(73)56-52-48-44-40-37-33-31-29-27-25-23-21-19-17-16-18-20-22-24-26-28-30-32-34-38-42-46-50-54-58-78-65(74)57-53-49-45-41-35-14-12-10-8-6-4-2/h9,11,16,18,36,39,51,55,61-63,66-69,71-72,75-77H,3-8,10,12-15,17,19-35,37-38,40-50,52-54,56-60H2,1-2H3,(H,70,73)/b11-9+,18-16-,39-36+,55-51+. The number of hydrogen-bond acceptors (Lipinski definition) is 10. The van der Waals surface area contributed by atoms with Crippen molar-refractivity contribution >= 4 is 11.9 Å². The molecule has 0 radical (unpaired) electrons. The molecule has 0 saturated carbocycles. The lowest BCUT2D eigenvalue weighted by atomic mass is 9.99. The maximum atomic E-state index is 13.0. The second-order valence-electron chi connectivity index (χ2n) is 23.5. The van der Waals surface area contributed by atoms with E-state index in [0.29, 0.717) is 19.4 Å². The fourth-order valence-corrected chi connectivity index (χ4v) is 10.5. The number of esters is 1. The van der Waals surface area contributed by atoms with Gasteiger partial charge in [0.1, 0.15) is 24.4 Å². The Morgan fingerprint density at radius 2 is 0.825 bits per heavy atom. The Hall–Kier alpha value is -2.38. The normalized spacial score (nSPS) is 18.6. The van der Waals surface area contributed by atoms with E-state index in [0.717, 1.165) is 70.6 Å². The third-order valence-corrected chi connectivity index (χ3v) is 15.9. The molecule has 80 heavy (non-hydrogen) atoms. The third kappa shape index (κ3) is 47.0. The first-order valence-corrected chi connectivity index (χ1v) is 33.9. The van der Waals surface area contributed by atoms with Crippen molar-refractivity contribution in [3.05, 3.63) is 48.6 Å². The zero-order chi connectivity index (χ0) is 58.0. The van der Waals surface area contributed by atoms with E-state index in [2.05, 4.69) is 55.6 Å². The van der Waals surface area contributed by atoms with Gasteiger partial charge in [0.25, 0.3) is 0 Å². The Morgan fingerprint density at radius 3 is 1.27 bits per heavy atom. The first kappa shape index (κ1) is 75.6. The van der Waals surface area contributed by atoms with Crippen molar-refractivity contribution < 1.29 is 49.3 Å². The van der Waals surface area contributed by atoms with Crippen LogP contribution in [-0.4, -0.2) is 100 Å². The summed E-state index contributed by atoms with van der Waals surface area (Å²) in [6.45, 7) is 4.29. The van der Waals surface area contributed by atoms with Gasteiger partial charge in [-0.15, -0.1) is 0 Å². The minimum absolute atomic E-state index is 0.00690. The molecular weight excluding hydrogens is 1000 g/mol. The number of allylic oxidation sites excluding steroid dienone is 7. The van der Waals surface area contributed by atoms with Crippen LogP contribution in [0.5, 0.6) is 0 Å². The van der Waals surface area contributed by atoms with E-state index >= 15 is 0 Å². The van der Waals surface area contributed by atoms with E-state index in [-0.39, 0.29) is 18.5 Å². The lowest BCUT2D eigenvalue weighted by molar-refractivity contribution is -0.302. The zero-order valence-corrected chi connectivity index (χ0v) is 51.8. The topological polar surface area (TPSA) is 175 Å². The van der Waals surface area contributed by atoms with Crippen LogP contribution in [0.1, 0.15) is 316 Å². The maximum Gasteiger partial charge on any atom is 0.305 e. The van der Waals surface area contributed by atoms with Crippen LogP contribution in [0.15, 0.2) is 48.6 Å². The molecule has 1 aliphatic rings. The molecule has 7 atom stereocenters. The van der Waals surface area contributed by atoms with Crippen molar-refractivity contribution in [1.82, 2.24) is 5.32 Å². The van der Waals surface area contributed by atoms with Crippen LogP contribution in [0, 0.1) is 0 Å². The third-order valence-electron chi connectivity index (χ3n) is 15.9. The smallest absolute Gasteiger partial charge is 0.305 e. The molecule has 0 aliphatic carbocycles. The van der Waals surface area contributed by atoms with Gasteiger partial charge in [0.05, 0.1) is 32.0 Å². The number of rotatable bonds is 59. The Bertz CT molecular complexity index is 1470. The van der Waals surface area contributed by atoms with E-state index in [9.17, 15) is 35.1 Å². The monoisotopic (exact) mass is 1130 g/mol. The summed E-state index contributed by atoms with van der Waals surface area (Å²) in [5, 5.41) is 54.4. The highest BCUT2D eigenvalue weighted by atomic mass is 16.7. The van der Waals surface area contributed by atoms with Gasteiger partial charge in [-0.25, -0.2) is 0 Å². The molecule has 0 aromatic rings. The van der Waals surface area contributed by atoms with Gasteiger partial charge >= 0.3 is 5.97 Å². The molecule has 6 N–H and O–H groups in total. The summed E-state index contributed by atoms with van der Waals surface area (Å²) in [5.41, 5.74) is 0. The molecule has 1 aliphatic heterocycles. The SMILES string of the molecule is CCCC/C=C/CC/C=C/CC/C=C/C(O)C(COC1OC(CO)C(O)C(O)C1O)NC(=O)CCCCCCCCCCCCCCC/C=C\CCCCCCCCCCCCCCOC(=O)CCCCCCCCCCCCC. The highest BCUT2D eigenvalue weighted by Crippen LogP contribution is 2.23. The Labute approximate surface area is 491 Å². The van der Waals surface area contributed by atoms with Gasteiger partial charge in [0, 0.05) is 12.8 Å².